The Hall–Kier alpha value is -8.21. The lowest BCUT2D eigenvalue weighted by molar-refractivity contribution is 0.669. The van der Waals surface area contributed by atoms with E-state index in [1.807, 2.05) is 72.8 Å². The summed E-state index contributed by atoms with van der Waals surface area (Å²) >= 11 is 0. The summed E-state index contributed by atoms with van der Waals surface area (Å²) in [5.74, 6) is 1.84. The van der Waals surface area contributed by atoms with Crippen LogP contribution in [0.5, 0.6) is 0 Å². The molecular weight excluding hydrogens is 755 g/mol. The van der Waals surface area contributed by atoms with E-state index in [4.69, 9.17) is 19.4 Å². The smallest absolute Gasteiger partial charge is 0.164 e. The Kier molecular flexibility index (Phi) is 8.36. The zero-order valence-corrected chi connectivity index (χ0v) is 33.6. The fourth-order valence-electron chi connectivity index (χ4n) is 9.72. The summed E-state index contributed by atoms with van der Waals surface area (Å²) in [6, 6.07) is 79.5. The van der Waals surface area contributed by atoms with Gasteiger partial charge in [0, 0.05) is 27.5 Å². The van der Waals surface area contributed by atoms with Crippen LogP contribution in [-0.2, 0) is 5.41 Å². The minimum Gasteiger partial charge on any atom is -0.456 e. The van der Waals surface area contributed by atoms with E-state index < -0.39 is 5.41 Å². The molecule has 0 fully saturated rings. The molecule has 0 saturated heterocycles. The topological polar surface area (TPSA) is 51.8 Å². The van der Waals surface area contributed by atoms with Crippen molar-refractivity contribution in [2.45, 2.75) is 5.41 Å². The van der Waals surface area contributed by atoms with Crippen molar-refractivity contribution in [2.24, 2.45) is 0 Å². The Morgan fingerprint density at radius 2 is 0.823 bits per heavy atom. The zero-order valence-electron chi connectivity index (χ0n) is 33.6. The van der Waals surface area contributed by atoms with Crippen LogP contribution in [0.4, 0.5) is 0 Å². The predicted octanol–water partition coefficient (Wildman–Crippen LogP) is 14.5. The summed E-state index contributed by atoms with van der Waals surface area (Å²) in [6.45, 7) is 0. The summed E-state index contributed by atoms with van der Waals surface area (Å²) in [5.41, 5.74) is 16.1. The Morgan fingerprint density at radius 3 is 1.52 bits per heavy atom. The van der Waals surface area contributed by atoms with Crippen molar-refractivity contribution in [2.75, 3.05) is 0 Å². The third-order valence-electron chi connectivity index (χ3n) is 12.4. The molecule has 0 bridgehead atoms. The zero-order chi connectivity index (χ0) is 41.0. The van der Waals surface area contributed by atoms with Gasteiger partial charge in [0.05, 0.1) is 5.41 Å². The SMILES string of the molecule is c1ccc(-c2nc(-c3ccccc3)nc(-c3cccc4oc5ccc(-c6cccc(-c7cccc8c7-c7ccccc7C8(c7ccccc7)c7ccccc7)c6)cc5c34)n2)cc1. The Balaban J connectivity index is 1.01. The quantitative estimate of drug-likeness (QED) is 0.161. The molecule has 62 heavy (non-hydrogen) atoms. The van der Waals surface area contributed by atoms with Crippen LogP contribution in [0.2, 0.25) is 0 Å². The number of rotatable bonds is 7. The lowest BCUT2D eigenvalue weighted by atomic mass is 9.67. The first-order valence-electron chi connectivity index (χ1n) is 21.0. The van der Waals surface area contributed by atoms with E-state index in [2.05, 4.69) is 152 Å². The van der Waals surface area contributed by atoms with Crippen molar-refractivity contribution in [1.82, 2.24) is 15.0 Å². The van der Waals surface area contributed by atoms with Crippen LogP contribution in [0.1, 0.15) is 22.3 Å². The molecule has 2 aromatic heterocycles. The van der Waals surface area contributed by atoms with Gasteiger partial charge in [-0.05, 0) is 79.9 Å². The molecule has 2 heterocycles. The highest BCUT2D eigenvalue weighted by atomic mass is 16.3. The number of aromatic nitrogens is 3. The van der Waals surface area contributed by atoms with E-state index in [1.54, 1.807) is 0 Å². The molecule has 1 aliphatic carbocycles. The molecule has 12 rings (SSSR count). The van der Waals surface area contributed by atoms with Gasteiger partial charge in [-0.3, -0.25) is 0 Å². The van der Waals surface area contributed by atoms with Crippen molar-refractivity contribution >= 4 is 21.9 Å². The minimum atomic E-state index is -0.463. The second-order valence-electron chi connectivity index (χ2n) is 15.9. The van der Waals surface area contributed by atoms with Crippen molar-refractivity contribution in [1.29, 1.82) is 0 Å². The molecule has 0 radical (unpaired) electrons. The normalized spacial score (nSPS) is 12.6. The number of fused-ring (bicyclic) bond motifs is 6. The molecule has 0 aliphatic heterocycles. The van der Waals surface area contributed by atoms with E-state index in [9.17, 15) is 0 Å². The predicted molar refractivity (Wildman–Crippen MR) is 252 cm³/mol. The minimum absolute atomic E-state index is 0.463. The summed E-state index contributed by atoms with van der Waals surface area (Å²) in [6.07, 6.45) is 0. The first-order valence-corrected chi connectivity index (χ1v) is 21.0. The Bertz CT molecular complexity index is 3350. The molecule has 0 amide bonds. The van der Waals surface area contributed by atoms with Gasteiger partial charge in [-0.1, -0.05) is 200 Å². The van der Waals surface area contributed by atoms with Gasteiger partial charge in [0.15, 0.2) is 17.5 Å². The fourth-order valence-corrected chi connectivity index (χ4v) is 9.72. The molecule has 0 N–H and O–H groups in total. The molecule has 290 valence electrons. The van der Waals surface area contributed by atoms with Crippen LogP contribution in [0.25, 0.3) is 89.5 Å². The number of nitrogens with zero attached hydrogens (tertiary/aromatic N) is 3. The van der Waals surface area contributed by atoms with Crippen molar-refractivity contribution < 1.29 is 4.42 Å². The van der Waals surface area contributed by atoms with E-state index >= 15 is 0 Å². The molecule has 4 heteroatoms. The van der Waals surface area contributed by atoms with Gasteiger partial charge in [0.2, 0.25) is 0 Å². The van der Waals surface area contributed by atoms with E-state index in [0.29, 0.717) is 17.5 Å². The van der Waals surface area contributed by atoms with E-state index in [0.717, 1.165) is 55.3 Å². The number of hydrogen-bond donors (Lipinski definition) is 0. The Morgan fingerprint density at radius 1 is 0.323 bits per heavy atom. The number of hydrogen-bond acceptors (Lipinski definition) is 4. The maximum absolute atomic E-state index is 6.53. The highest BCUT2D eigenvalue weighted by Gasteiger charge is 2.46. The maximum atomic E-state index is 6.53. The van der Waals surface area contributed by atoms with Gasteiger partial charge >= 0.3 is 0 Å². The fraction of sp³-hybridized carbons (Fsp3) is 0.0172. The van der Waals surface area contributed by atoms with Crippen LogP contribution in [-0.4, -0.2) is 15.0 Å². The van der Waals surface area contributed by atoms with Crippen LogP contribution >= 0.6 is 0 Å². The molecule has 0 unspecified atom stereocenters. The highest BCUT2D eigenvalue weighted by Crippen LogP contribution is 2.58. The van der Waals surface area contributed by atoms with Crippen LogP contribution in [0.3, 0.4) is 0 Å². The van der Waals surface area contributed by atoms with Gasteiger partial charge < -0.3 is 4.42 Å². The molecule has 9 aromatic carbocycles. The molecule has 1 aliphatic rings. The maximum Gasteiger partial charge on any atom is 0.164 e. The van der Waals surface area contributed by atoms with Crippen LogP contribution in [0.15, 0.2) is 229 Å². The van der Waals surface area contributed by atoms with Crippen LogP contribution < -0.4 is 0 Å². The third kappa shape index (κ3) is 5.65. The second kappa shape index (κ2) is 14.5. The molecule has 0 atom stereocenters. The molecule has 11 aromatic rings. The average molecular weight is 792 g/mol. The number of furan rings is 1. The third-order valence-corrected chi connectivity index (χ3v) is 12.4. The molecule has 4 nitrogen and oxygen atoms in total. The average Bonchev–Trinajstić information content (AvgIpc) is 3.89. The van der Waals surface area contributed by atoms with Gasteiger partial charge in [-0.15, -0.1) is 0 Å². The van der Waals surface area contributed by atoms with Crippen LogP contribution in [0, 0.1) is 0 Å². The van der Waals surface area contributed by atoms with Crippen molar-refractivity contribution in [3.8, 4) is 67.5 Å². The largest absolute Gasteiger partial charge is 0.456 e. The van der Waals surface area contributed by atoms with Gasteiger partial charge in [-0.2, -0.15) is 0 Å². The molecular formula is C58H37N3O. The van der Waals surface area contributed by atoms with E-state index in [1.165, 1.54) is 38.9 Å². The second-order valence-corrected chi connectivity index (χ2v) is 15.9. The summed E-state index contributed by atoms with van der Waals surface area (Å²) < 4.78 is 6.53. The first-order chi connectivity index (χ1) is 30.7. The molecule has 0 spiro atoms. The monoisotopic (exact) mass is 791 g/mol. The van der Waals surface area contributed by atoms with Gasteiger partial charge in [-0.25, -0.2) is 15.0 Å². The standard InChI is InChI=1S/C58H37N3O/c1-5-18-38(19-6-1)55-59-56(39-20-7-2-8-21-39)61-57(60-55)47-30-17-33-52-54(47)48-37-41(34-35-51(48)62-52)40-22-15-23-42(36-40)45-29-16-32-50-53(45)46-28-13-14-31-49(46)58(50,43-24-9-3-10-25-43)44-26-11-4-12-27-44/h1-37H. The number of benzene rings is 9. The van der Waals surface area contributed by atoms with Crippen molar-refractivity contribution in [3.05, 3.63) is 247 Å². The summed E-state index contributed by atoms with van der Waals surface area (Å²) in [5, 5.41) is 1.98. The Labute approximate surface area is 359 Å². The van der Waals surface area contributed by atoms with Gasteiger partial charge in [0.25, 0.3) is 0 Å². The van der Waals surface area contributed by atoms with Crippen molar-refractivity contribution in [3.63, 3.8) is 0 Å². The lowest BCUT2D eigenvalue weighted by Gasteiger charge is -2.34. The first kappa shape index (κ1) is 35.7. The van der Waals surface area contributed by atoms with E-state index in [-0.39, 0.29) is 0 Å². The lowest BCUT2D eigenvalue weighted by Crippen LogP contribution is -2.28. The van der Waals surface area contributed by atoms with Gasteiger partial charge in [0.1, 0.15) is 11.2 Å². The molecule has 0 saturated carbocycles. The summed E-state index contributed by atoms with van der Waals surface area (Å²) in [4.78, 5) is 15.1. The summed E-state index contributed by atoms with van der Waals surface area (Å²) in [7, 11) is 0. The highest BCUT2D eigenvalue weighted by molar-refractivity contribution is 6.13.